The first-order chi connectivity index (χ1) is 6.74. The maximum absolute atomic E-state index is 5.67. The molecule has 0 aliphatic carbocycles. The van der Waals surface area contributed by atoms with Crippen LogP contribution in [0.15, 0.2) is 22.7 Å². The van der Waals surface area contributed by atoms with Crippen LogP contribution in [0.25, 0.3) is 0 Å². The standard InChI is InChI=1S/C11H15BrOS/c1-3-14-7-6-13-11-8-10(12)5-4-9(11)2/h4-5,8H,3,6-7H2,1-2H3. The summed E-state index contributed by atoms with van der Waals surface area (Å²) >= 11 is 5.33. The third kappa shape index (κ3) is 3.93. The minimum absolute atomic E-state index is 0.788. The van der Waals surface area contributed by atoms with Crippen LogP contribution in [-0.2, 0) is 0 Å². The second kappa shape index (κ2) is 6.36. The molecule has 78 valence electrons. The van der Waals surface area contributed by atoms with Crippen molar-refractivity contribution in [3.63, 3.8) is 0 Å². The van der Waals surface area contributed by atoms with Gasteiger partial charge in [-0.25, -0.2) is 0 Å². The fourth-order valence-corrected chi connectivity index (χ4v) is 1.91. The highest BCUT2D eigenvalue weighted by atomic mass is 79.9. The molecule has 0 N–H and O–H groups in total. The lowest BCUT2D eigenvalue weighted by atomic mass is 10.2. The summed E-state index contributed by atoms with van der Waals surface area (Å²) in [6.07, 6.45) is 0. The Hall–Kier alpha value is -0.150. The smallest absolute Gasteiger partial charge is 0.123 e. The molecule has 0 saturated carbocycles. The highest BCUT2D eigenvalue weighted by Gasteiger charge is 1.99. The molecule has 1 aromatic rings. The number of halogens is 1. The van der Waals surface area contributed by atoms with Crippen molar-refractivity contribution in [3.8, 4) is 5.75 Å². The zero-order valence-electron chi connectivity index (χ0n) is 8.55. The zero-order chi connectivity index (χ0) is 10.4. The molecular weight excluding hydrogens is 260 g/mol. The van der Waals surface area contributed by atoms with Crippen molar-refractivity contribution in [1.29, 1.82) is 0 Å². The number of ether oxygens (including phenoxy) is 1. The quantitative estimate of drug-likeness (QED) is 0.754. The molecule has 0 unspecified atom stereocenters. The van der Waals surface area contributed by atoms with Gasteiger partial charge in [-0.2, -0.15) is 11.8 Å². The predicted molar refractivity (Wildman–Crippen MR) is 67.4 cm³/mol. The number of rotatable bonds is 5. The molecule has 0 spiro atoms. The van der Waals surface area contributed by atoms with Crippen LogP contribution >= 0.6 is 27.7 Å². The summed E-state index contributed by atoms with van der Waals surface area (Å²) in [4.78, 5) is 0. The molecule has 0 radical (unpaired) electrons. The second-order valence-electron chi connectivity index (χ2n) is 2.96. The Kier molecular flexibility index (Phi) is 5.41. The number of thioether (sulfide) groups is 1. The van der Waals surface area contributed by atoms with Gasteiger partial charge in [-0.15, -0.1) is 0 Å². The van der Waals surface area contributed by atoms with Crippen LogP contribution < -0.4 is 4.74 Å². The van der Waals surface area contributed by atoms with Crippen LogP contribution in [0.4, 0.5) is 0 Å². The van der Waals surface area contributed by atoms with Gasteiger partial charge in [-0.1, -0.05) is 28.9 Å². The summed E-state index contributed by atoms with van der Waals surface area (Å²) in [5.74, 6) is 3.19. The molecule has 14 heavy (non-hydrogen) atoms. The SMILES string of the molecule is CCSCCOc1cc(Br)ccc1C. The van der Waals surface area contributed by atoms with Gasteiger partial charge in [-0.05, 0) is 30.4 Å². The normalized spacial score (nSPS) is 10.2. The number of hydrogen-bond donors (Lipinski definition) is 0. The molecular formula is C11H15BrOS. The average Bonchev–Trinajstić information content (AvgIpc) is 2.18. The van der Waals surface area contributed by atoms with E-state index in [1.54, 1.807) is 0 Å². The molecule has 0 bridgehead atoms. The first-order valence-corrected chi connectivity index (χ1v) is 6.65. The molecule has 3 heteroatoms. The molecule has 1 rings (SSSR count). The fourth-order valence-electron chi connectivity index (χ4n) is 1.08. The van der Waals surface area contributed by atoms with Crippen molar-refractivity contribution < 1.29 is 4.74 Å². The van der Waals surface area contributed by atoms with Crippen molar-refractivity contribution in [2.24, 2.45) is 0 Å². The Balaban J connectivity index is 2.45. The van der Waals surface area contributed by atoms with E-state index >= 15 is 0 Å². The summed E-state index contributed by atoms with van der Waals surface area (Å²) in [5.41, 5.74) is 1.19. The van der Waals surface area contributed by atoms with E-state index in [9.17, 15) is 0 Å². The highest BCUT2D eigenvalue weighted by molar-refractivity contribution is 9.10. The molecule has 0 saturated heterocycles. The lowest BCUT2D eigenvalue weighted by molar-refractivity contribution is 0.341. The van der Waals surface area contributed by atoms with E-state index in [4.69, 9.17) is 4.74 Å². The van der Waals surface area contributed by atoms with Gasteiger partial charge < -0.3 is 4.74 Å². The van der Waals surface area contributed by atoms with Crippen LogP contribution in [0, 0.1) is 6.92 Å². The molecule has 0 fully saturated rings. The second-order valence-corrected chi connectivity index (χ2v) is 5.26. The summed E-state index contributed by atoms with van der Waals surface area (Å²) in [7, 11) is 0. The first kappa shape index (κ1) is 11.9. The first-order valence-electron chi connectivity index (χ1n) is 4.70. The van der Waals surface area contributed by atoms with E-state index < -0.39 is 0 Å². The van der Waals surface area contributed by atoms with Crippen LogP contribution in [0.2, 0.25) is 0 Å². The van der Waals surface area contributed by atoms with Crippen LogP contribution in [0.1, 0.15) is 12.5 Å². The van der Waals surface area contributed by atoms with Crippen molar-refractivity contribution >= 4 is 27.7 Å². The van der Waals surface area contributed by atoms with Gasteiger partial charge >= 0.3 is 0 Å². The van der Waals surface area contributed by atoms with E-state index in [0.717, 1.165) is 28.3 Å². The third-order valence-electron chi connectivity index (χ3n) is 1.84. The predicted octanol–water partition coefficient (Wildman–Crippen LogP) is 3.89. The van der Waals surface area contributed by atoms with Gasteiger partial charge in [0.2, 0.25) is 0 Å². The summed E-state index contributed by atoms with van der Waals surface area (Å²) in [6, 6.07) is 6.11. The molecule has 0 amide bonds. The van der Waals surface area contributed by atoms with Gasteiger partial charge in [-0.3, -0.25) is 0 Å². The molecule has 0 heterocycles. The molecule has 1 aromatic carbocycles. The minimum Gasteiger partial charge on any atom is -0.492 e. The maximum atomic E-state index is 5.67. The van der Waals surface area contributed by atoms with Gasteiger partial charge in [0, 0.05) is 10.2 Å². The lowest BCUT2D eigenvalue weighted by Gasteiger charge is -2.08. The Morgan fingerprint density at radius 1 is 1.43 bits per heavy atom. The fraction of sp³-hybridized carbons (Fsp3) is 0.455. The van der Waals surface area contributed by atoms with Crippen LogP contribution in [0.5, 0.6) is 5.75 Å². The summed E-state index contributed by atoms with van der Waals surface area (Å²) in [5, 5.41) is 0. The largest absolute Gasteiger partial charge is 0.492 e. The summed E-state index contributed by atoms with van der Waals surface area (Å²) < 4.78 is 6.74. The topological polar surface area (TPSA) is 9.23 Å². The number of aryl methyl sites for hydroxylation is 1. The molecule has 1 nitrogen and oxygen atoms in total. The number of hydrogen-bond acceptors (Lipinski definition) is 2. The van der Waals surface area contributed by atoms with E-state index in [1.165, 1.54) is 5.56 Å². The highest BCUT2D eigenvalue weighted by Crippen LogP contribution is 2.22. The van der Waals surface area contributed by atoms with Gasteiger partial charge in [0.15, 0.2) is 0 Å². The van der Waals surface area contributed by atoms with Gasteiger partial charge in [0.05, 0.1) is 6.61 Å². The van der Waals surface area contributed by atoms with Crippen molar-refractivity contribution in [2.75, 3.05) is 18.1 Å². The van der Waals surface area contributed by atoms with E-state index in [0.29, 0.717) is 0 Å². The summed E-state index contributed by atoms with van der Waals surface area (Å²) in [6.45, 7) is 5.01. The molecule has 0 aliphatic heterocycles. The van der Waals surface area contributed by atoms with Crippen molar-refractivity contribution in [3.05, 3.63) is 28.2 Å². The maximum Gasteiger partial charge on any atom is 0.123 e. The van der Waals surface area contributed by atoms with Crippen LogP contribution in [-0.4, -0.2) is 18.1 Å². The Bertz CT molecular complexity index is 289. The average molecular weight is 275 g/mol. The van der Waals surface area contributed by atoms with Gasteiger partial charge in [0.25, 0.3) is 0 Å². The van der Waals surface area contributed by atoms with Crippen LogP contribution in [0.3, 0.4) is 0 Å². The van der Waals surface area contributed by atoms with E-state index in [2.05, 4.69) is 35.8 Å². The lowest BCUT2D eigenvalue weighted by Crippen LogP contribution is -2.01. The van der Waals surface area contributed by atoms with Crippen molar-refractivity contribution in [2.45, 2.75) is 13.8 Å². The number of benzene rings is 1. The monoisotopic (exact) mass is 274 g/mol. The van der Waals surface area contributed by atoms with Gasteiger partial charge in [0.1, 0.15) is 5.75 Å². The van der Waals surface area contributed by atoms with E-state index in [-0.39, 0.29) is 0 Å². The zero-order valence-corrected chi connectivity index (χ0v) is 11.0. The Labute approximate surface area is 98.4 Å². The van der Waals surface area contributed by atoms with Crippen molar-refractivity contribution in [1.82, 2.24) is 0 Å². The Morgan fingerprint density at radius 3 is 2.93 bits per heavy atom. The Morgan fingerprint density at radius 2 is 2.21 bits per heavy atom. The molecule has 0 atom stereocenters. The minimum atomic E-state index is 0.788. The third-order valence-corrected chi connectivity index (χ3v) is 3.20. The molecule has 0 aromatic heterocycles. The molecule has 0 aliphatic rings. The van der Waals surface area contributed by atoms with E-state index in [1.807, 2.05) is 23.9 Å².